The van der Waals surface area contributed by atoms with Crippen LogP contribution in [0.2, 0.25) is 0 Å². The molecule has 0 aliphatic rings. The number of carbonyl (C=O) groups is 1. The van der Waals surface area contributed by atoms with Crippen LogP contribution in [-0.4, -0.2) is 17.2 Å². The first-order valence-corrected chi connectivity index (χ1v) is 6.33. The molecule has 0 fully saturated rings. The zero-order chi connectivity index (χ0) is 13.5. The van der Waals surface area contributed by atoms with Gasteiger partial charge < -0.3 is 9.47 Å². The maximum atomic E-state index is 12.2. The monoisotopic (exact) mass is 242 g/mol. The number of rotatable bonds is 7. The molecule has 0 aromatic carbocycles. The predicted molar refractivity (Wildman–Crippen MR) is 69.7 cm³/mol. The van der Waals surface area contributed by atoms with Crippen molar-refractivity contribution in [2.45, 2.75) is 71.5 Å². The second-order valence-electron chi connectivity index (χ2n) is 5.24. The van der Waals surface area contributed by atoms with Crippen LogP contribution in [0.3, 0.4) is 0 Å². The van der Waals surface area contributed by atoms with Gasteiger partial charge in [-0.3, -0.25) is 0 Å². The Morgan fingerprint density at radius 3 is 2.24 bits per heavy atom. The highest BCUT2D eigenvalue weighted by molar-refractivity contribution is 5.80. The standard InChI is InChI=1S/C14H26O3/c1-7-10-11-14(8-2,16-9-3)12(15)17-13(4,5)6/h9H,3,7-8,10-11H2,1-2,4-6H3. The molecule has 1 atom stereocenters. The Labute approximate surface area is 105 Å². The molecule has 0 saturated heterocycles. The van der Waals surface area contributed by atoms with Crippen molar-refractivity contribution in [1.82, 2.24) is 0 Å². The average molecular weight is 242 g/mol. The molecule has 0 N–H and O–H groups in total. The van der Waals surface area contributed by atoms with Crippen molar-refractivity contribution in [3.05, 3.63) is 12.8 Å². The van der Waals surface area contributed by atoms with Crippen molar-refractivity contribution in [3.8, 4) is 0 Å². The fraction of sp³-hybridized carbons (Fsp3) is 0.786. The Morgan fingerprint density at radius 2 is 1.88 bits per heavy atom. The van der Waals surface area contributed by atoms with Gasteiger partial charge in [0.05, 0.1) is 6.26 Å². The van der Waals surface area contributed by atoms with Gasteiger partial charge in [-0.2, -0.15) is 0 Å². The third-order valence-corrected chi connectivity index (χ3v) is 2.59. The van der Waals surface area contributed by atoms with E-state index in [1.807, 2.05) is 27.7 Å². The maximum absolute atomic E-state index is 12.2. The summed E-state index contributed by atoms with van der Waals surface area (Å²) < 4.78 is 10.9. The van der Waals surface area contributed by atoms with Crippen LogP contribution < -0.4 is 0 Å². The van der Waals surface area contributed by atoms with Crippen molar-refractivity contribution < 1.29 is 14.3 Å². The molecule has 0 bridgehead atoms. The van der Waals surface area contributed by atoms with Gasteiger partial charge in [0.15, 0.2) is 0 Å². The van der Waals surface area contributed by atoms with E-state index in [1.54, 1.807) is 0 Å². The Bertz CT molecular complexity index is 253. The van der Waals surface area contributed by atoms with E-state index in [4.69, 9.17) is 9.47 Å². The molecule has 17 heavy (non-hydrogen) atoms. The molecule has 100 valence electrons. The van der Waals surface area contributed by atoms with Crippen molar-refractivity contribution in [1.29, 1.82) is 0 Å². The van der Waals surface area contributed by atoms with Crippen LogP contribution in [-0.2, 0) is 14.3 Å². The number of hydrogen-bond acceptors (Lipinski definition) is 3. The SMILES string of the molecule is C=COC(CC)(CCCC)C(=O)OC(C)(C)C. The number of esters is 1. The molecular weight excluding hydrogens is 216 g/mol. The van der Waals surface area contributed by atoms with Gasteiger partial charge in [-0.05, 0) is 40.0 Å². The van der Waals surface area contributed by atoms with Crippen LogP contribution >= 0.6 is 0 Å². The molecule has 0 spiro atoms. The Kier molecular flexibility index (Phi) is 6.29. The molecule has 0 aliphatic carbocycles. The van der Waals surface area contributed by atoms with Gasteiger partial charge in [-0.25, -0.2) is 4.79 Å². The minimum atomic E-state index is -0.870. The van der Waals surface area contributed by atoms with E-state index in [2.05, 4.69) is 13.5 Å². The molecule has 0 rings (SSSR count). The summed E-state index contributed by atoms with van der Waals surface area (Å²) >= 11 is 0. The zero-order valence-corrected chi connectivity index (χ0v) is 11.8. The summed E-state index contributed by atoms with van der Waals surface area (Å²) in [5.41, 5.74) is -1.36. The first-order chi connectivity index (χ1) is 7.81. The second-order valence-corrected chi connectivity index (χ2v) is 5.24. The first kappa shape index (κ1) is 16.0. The van der Waals surface area contributed by atoms with E-state index >= 15 is 0 Å². The third-order valence-electron chi connectivity index (χ3n) is 2.59. The summed E-state index contributed by atoms with van der Waals surface area (Å²) in [6.07, 6.45) is 4.55. The summed E-state index contributed by atoms with van der Waals surface area (Å²) in [6.45, 7) is 13.2. The Hall–Kier alpha value is -0.990. The average Bonchev–Trinajstić information content (AvgIpc) is 2.21. The topological polar surface area (TPSA) is 35.5 Å². The van der Waals surface area contributed by atoms with E-state index in [0.29, 0.717) is 12.8 Å². The Morgan fingerprint density at radius 1 is 1.29 bits per heavy atom. The fourth-order valence-corrected chi connectivity index (χ4v) is 1.61. The molecule has 3 heteroatoms. The zero-order valence-electron chi connectivity index (χ0n) is 11.8. The third kappa shape index (κ3) is 5.24. The van der Waals surface area contributed by atoms with Crippen LogP contribution in [0.1, 0.15) is 60.3 Å². The van der Waals surface area contributed by atoms with Gasteiger partial charge in [0.1, 0.15) is 5.60 Å². The van der Waals surface area contributed by atoms with E-state index < -0.39 is 11.2 Å². The van der Waals surface area contributed by atoms with Crippen molar-refractivity contribution in [3.63, 3.8) is 0 Å². The summed E-state index contributed by atoms with van der Waals surface area (Å²) in [7, 11) is 0. The second kappa shape index (κ2) is 6.67. The van der Waals surface area contributed by atoms with E-state index in [1.165, 1.54) is 6.26 Å². The number of hydrogen-bond donors (Lipinski definition) is 0. The van der Waals surface area contributed by atoms with Gasteiger partial charge in [0.25, 0.3) is 0 Å². The quantitative estimate of drug-likeness (QED) is 0.503. The number of ether oxygens (including phenoxy) is 2. The molecule has 3 nitrogen and oxygen atoms in total. The summed E-state index contributed by atoms with van der Waals surface area (Å²) in [6, 6.07) is 0. The van der Waals surface area contributed by atoms with E-state index in [-0.39, 0.29) is 5.97 Å². The van der Waals surface area contributed by atoms with Gasteiger partial charge in [0, 0.05) is 0 Å². The molecule has 0 saturated carbocycles. The first-order valence-electron chi connectivity index (χ1n) is 6.33. The highest BCUT2D eigenvalue weighted by atomic mass is 16.6. The highest BCUT2D eigenvalue weighted by Gasteiger charge is 2.41. The number of unbranched alkanes of at least 4 members (excludes halogenated alkanes) is 1. The molecule has 0 radical (unpaired) electrons. The fourth-order valence-electron chi connectivity index (χ4n) is 1.61. The molecule has 0 heterocycles. The van der Waals surface area contributed by atoms with Crippen molar-refractivity contribution in [2.24, 2.45) is 0 Å². The van der Waals surface area contributed by atoms with Crippen LogP contribution in [0, 0.1) is 0 Å². The summed E-state index contributed by atoms with van der Waals surface area (Å²) in [4.78, 5) is 12.2. The molecule has 0 aromatic heterocycles. The van der Waals surface area contributed by atoms with Crippen LogP contribution in [0.4, 0.5) is 0 Å². The Balaban J connectivity index is 4.86. The number of carbonyl (C=O) groups excluding carboxylic acids is 1. The molecule has 0 amide bonds. The summed E-state index contributed by atoms with van der Waals surface area (Å²) in [5.74, 6) is -0.291. The lowest BCUT2D eigenvalue weighted by molar-refractivity contribution is -0.179. The maximum Gasteiger partial charge on any atom is 0.350 e. The normalized spacial score (nSPS) is 14.9. The molecular formula is C14H26O3. The predicted octanol–water partition coefficient (Wildman–Crippen LogP) is 3.83. The highest BCUT2D eigenvalue weighted by Crippen LogP contribution is 2.27. The molecule has 0 aromatic rings. The molecule has 0 aliphatic heterocycles. The van der Waals surface area contributed by atoms with Gasteiger partial charge in [0.2, 0.25) is 5.60 Å². The van der Waals surface area contributed by atoms with Crippen LogP contribution in [0.15, 0.2) is 12.8 Å². The van der Waals surface area contributed by atoms with Crippen molar-refractivity contribution >= 4 is 5.97 Å². The molecule has 1 unspecified atom stereocenters. The smallest absolute Gasteiger partial charge is 0.350 e. The lowest BCUT2D eigenvalue weighted by atomic mass is 9.93. The minimum Gasteiger partial charge on any atom is -0.484 e. The van der Waals surface area contributed by atoms with E-state index in [9.17, 15) is 4.79 Å². The van der Waals surface area contributed by atoms with Crippen LogP contribution in [0.5, 0.6) is 0 Å². The van der Waals surface area contributed by atoms with Crippen LogP contribution in [0.25, 0.3) is 0 Å². The minimum absolute atomic E-state index is 0.291. The van der Waals surface area contributed by atoms with E-state index in [0.717, 1.165) is 12.8 Å². The van der Waals surface area contributed by atoms with Gasteiger partial charge in [-0.1, -0.05) is 26.8 Å². The lowest BCUT2D eigenvalue weighted by Crippen LogP contribution is -2.44. The van der Waals surface area contributed by atoms with Crippen molar-refractivity contribution in [2.75, 3.05) is 0 Å². The summed E-state index contributed by atoms with van der Waals surface area (Å²) in [5, 5.41) is 0. The van der Waals surface area contributed by atoms with Gasteiger partial charge in [-0.15, -0.1) is 0 Å². The lowest BCUT2D eigenvalue weighted by Gasteiger charge is -2.33. The van der Waals surface area contributed by atoms with Gasteiger partial charge >= 0.3 is 5.97 Å². The largest absolute Gasteiger partial charge is 0.484 e.